The molecule has 2 fully saturated rings. The van der Waals surface area contributed by atoms with Crippen molar-refractivity contribution in [2.75, 3.05) is 19.6 Å². The lowest BCUT2D eigenvalue weighted by Gasteiger charge is -2.22. The number of imide groups is 1. The number of nitrogens with zero attached hydrogens (tertiary/aromatic N) is 2. The Labute approximate surface area is 228 Å². The SMILES string of the molecule is O=C(CN1C(=O)SC(=Cc2ccc(OCc3ccc4ccccc4c3)c(Br)c2)C1=O)N1CCCCCC1. The first-order chi connectivity index (χ1) is 18.0. The number of thioether (sulfide) groups is 1. The second-order valence-electron chi connectivity index (χ2n) is 9.22. The number of hydrogen-bond donors (Lipinski definition) is 0. The second-order valence-corrected chi connectivity index (χ2v) is 11.1. The summed E-state index contributed by atoms with van der Waals surface area (Å²) in [6.45, 7) is 1.60. The number of hydrogen-bond acceptors (Lipinski definition) is 5. The molecule has 6 nitrogen and oxygen atoms in total. The van der Waals surface area contributed by atoms with Gasteiger partial charge in [0.15, 0.2) is 0 Å². The van der Waals surface area contributed by atoms with Gasteiger partial charge >= 0.3 is 0 Å². The molecule has 3 aromatic rings. The average Bonchev–Trinajstić information content (AvgIpc) is 3.08. The Morgan fingerprint density at radius 2 is 1.70 bits per heavy atom. The summed E-state index contributed by atoms with van der Waals surface area (Å²) in [5, 5.41) is 1.95. The molecule has 0 atom stereocenters. The van der Waals surface area contributed by atoms with Gasteiger partial charge in [0.2, 0.25) is 5.91 Å². The van der Waals surface area contributed by atoms with Gasteiger partial charge in [-0.3, -0.25) is 19.3 Å². The molecule has 5 rings (SSSR count). The third kappa shape index (κ3) is 6.08. The van der Waals surface area contributed by atoms with Gasteiger partial charge in [-0.25, -0.2) is 0 Å². The molecule has 3 amide bonds. The minimum absolute atomic E-state index is 0.166. The fourth-order valence-corrected chi connectivity index (χ4v) is 5.91. The molecule has 3 aromatic carbocycles. The highest BCUT2D eigenvalue weighted by atomic mass is 79.9. The normalized spacial score (nSPS) is 17.5. The van der Waals surface area contributed by atoms with Crippen LogP contribution < -0.4 is 4.74 Å². The maximum atomic E-state index is 12.9. The van der Waals surface area contributed by atoms with Gasteiger partial charge in [0.05, 0.1) is 9.38 Å². The molecule has 37 heavy (non-hydrogen) atoms. The molecule has 0 N–H and O–H groups in total. The number of fused-ring (bicyclic) bond motifs is 1. The third-order valence-electron chi connectivity index (χ3n) is 6.59. The van der Waals surface area contributed by atoms with E-state index in [0.29, 0.717) is 30.4 Å². The fourth-order valence-electron chi connectivity index (χ4n) is 4.56. The largest absolute Gasteiger partial charge is 0.488 e. The number of carbonyl (C=O) groups is 3. The van der Waals surface area contributed by atoms with E-state index in [1.54, 1.807) is 11.0 Å². The Morgan fingerprint density at radius 1 is 0.946 bits per heavy atom. The first kappa shape index (κ1) is 25.5. The molecular formula is C29H27BrN2O4S. The van der Waals surface area contributed by atoms with Gasteiger partial charge < -0.3 is 9.64 Å². The number of benzene rings is 3. The van der Waals surface area contributed by atoms with Crippen LogP contribution in [0.3, 0.4) is 0 Å². The van der Waals surface area contributed by atoms with E-state index in [-0.39, 0.29) is 12.5 Å². The van der Waals surface area contributed by atoms with Gasteiger partial charge in [0.25, 0.3) is 11.1 Å². The topological polar surface area (TPSA) is 66.9 Å². The maximum Gasteiger partial charge on any atom is 0.294 e. The van der Waals surface area contributed by atoms with E-state index < -0.39 is 11.1 Å². The highest BCUT2D eigenvalue weighted by Crippen LogP contribution is 2.34. The highest BCUT2D eigenvalue weighted by Gasteiger charge is 2.37. The van der Waals surface area contributed by atoms with Crippen LogP contribution in [0.1, 0.15) is 36.8 Å². The molecular weight excluding hydrogens is 552 g/mol. The summed E-state index contributed by atoms with van der Waals surface area (Å²) in [5.41, 5.74) is 1.83. The predicted octanol–water partition coefficient (Wildman–Crippen LogP) is 6.62. The molecule has 2 saturated heterocycles. The van der Waals surface area contributed by atoms with Crippen molar-refractivity contribution in [3.8, 4) is 5.75 Å². The van der Waals surface area contributed by atoms with Crippen molar-refractivity contribution in [2.45, 2.75) is 32.3 Å². The Balaban J connectivity index is 1.23. The first-order valence-corrected chi connectivity index (χ1v) is 14.0. The van der Waals surface area contributed by atoms with E-state index in [1.165, 1.54) is 10.8 Å². The lowest BCUT2D eigenvalue weighted by atomic mass is 10.1. The molecule has 0 unspecified atom stereocenters. The summed E-state index contributed by atoms with van der Waals surface area (Å²) in [7, 11) is 0. The zero-order valence-electron chi connectivity index (χ0n) is 20.3. The Kier molecular flexibility index (Phi) is 7.96. The number of amides is 3. The summed E-state index contributed by atoms with van der Waals surface area (Å²) in [4.78, 5) is 41.3. The van der Waals surface area contributed by atoms with E-state index in [4.69, 9.17) is 4.74 Å². The number of carbonyl (C=O) groups excluding carboxylic acids is 3. The average molecular weight is 580 g/mol. The van der Waals surface area contributed by atoms with Crippen LogP contribution in [0.2, 0.25) is 0 Å². The Bertz CT molecular complexity index is 1380. The summed E-state index contributed by atoms with van der Waals surface area (Å²) in [6, 6.07) is 20.0. The maximum absolute atomic E-state index is 12.9. The van der Waals surface area contributed by atoms with Crippen LogP contribution in [0.4, 0.5) is 4.79 Å². The van der Waals surface area contributed by atoms with Crippen LogP contribution in [0.5, 0.6) is 5.75 Å². The van der Waals surface area contributed by atoms with Crippen molar-refractivity contribution in [3.63, 3.8) is 0 Å². The van der Waals surface area contributed by atoms with Crippen LogP contribution >= 0.6 is 27.7 Å². The molecule has 8 heteroatoms. The molecule has 2 aliphatic rings. The minimum Gasteiger partial charge on any atom is -0.488 e. The number of ether oxygens (including phenoxy) is 1. The molecule has 0 aromatic heterocycles. The highest BCUT2D eigenvalue weighted by molar-refractivity contribution is 9.10. The quantitative estimate of drug-likeness (QED) is 0.307. The predicted molar refractivity (Wildman–Crippen MR) is 150 cm³/mol. The van der Waals surface area contributed by atoms with Gasteiger partial charge in [-0.05, 0) is 86.7 Å². The molecule has 0 aliphatic carbocycles. The molecule has 0 radical (unpaired) electrons. The van der Waals surface area contributed by atoms with Gasteiger partial charge in [0.1, 0.15) is 18.9 Å². The zero-order chi connectivity index (χ0) is 25.8. The van der Waals surface area contributed by atoms with Crippen molar-refractivity contribution in [1.29, 1.82) is 0 Å². The van der Waals surface area contributed by atoms with Gasteiger partial charge in [-0.2, -0.15) is 0 Å². The van der Waals surface area contributed by atoms with Crippen molar-refractivity contribution in [1.82, 2.24) is 9.80 Å². The Hall–Kier alpha value is -3.10. The Morgan fingerprint density at radius 3 is 2.46 bits per heavy atom. The lowest BCUT2D eigenvalue weighted by Crippen LogP contribution is -2.42. The van der Waals surface area contributed by atoms with E-state index >= 15 is 0 Å². The van der Waals surface area contributed by atoms with Crippen LogP contribution in [-0.4, -0.2) is 46.5 Å². The third-order valence-corrected chi connectivity index (χ3v) is 8.11. The standard InChI is InChI=1S/C29H27BrN2O4S/c30-24-16-20(10-12-25(24)36-19-21-9-11-22-7-3-4-8-23(22)15-21)17-26-28(34)32(29(35)37-26)18-27(33)31-13-5-1-2-6-14-31/h3-4,7-12,15-17H,1-2,5-6,13-14,18-19H2. The van der Waals surface area contributed by atoms with E-state index in [2.05, 4.69) is 46.3 Å². The van der Waals surface area contributed by atoms with Crippen LogP contribution in [0, 0.1) is 0 Å². The van der Waals surface area contributed by atoms with Crippen LogP contribution in [-0.2, 0) is 16.2 Å². The fraction of sp³-hybridized carbons (Fsp3) is 0.276. The van der Waals surface area contributed by atoms with Gasteiger partial charge in [-0.1, -0.05) is 55.3 Å². The summed E-state index contributed by atoms with van der Waals surface area (Å²) in [5.74, 6) is 0.0912. The van der Waals surface area contributed by atoms with Crippen LogP contribution in [0.15, 0.2) is 70.0 Å². The summed E-state index contributed by atoms with van der Waals surface area (Å²) < 4.78 is 6.77. The molecule has 190 valence electrons. The van der Waals surface area contributed by atoms with Crippen molar-refractivity contribution in [3.05, 3.63) is 81.2 Å². The first-order valence-electron chi connectivity index (χ1n) is 12.4. The van der Waals surface area contributed by atoms with Gasteiger partial charge in [0, 0.05) is 13.1 Å². The van der Waals surface area contributed by atoms with Crippen molar-refractivity contribution in [2.24, 2.45) is 0 Å². The molecule has 2 aliphatic heterocycles. The molecule has 0 spiro atoms. The monoisotopic (exact) mass is 578 g/mol. The summed E-state index contributed by atoms with van der Waals surface area (Å²) in [6.07, 6.45) is 5.82. The number of likely N-dealkylation sites (tertiary alicyclic amines) is 1. The van der Waals surface area contributed by atoms with Crippen molar-refractivity contribution < 1.29 is 19.1 Å². The van der Waals surface area contributed by atoms with E-state index in [1.807, 2.05) is 30.3 Å². The van der Waals surface area contributed by atoms with Gasteiger partial charge in [-0.15, -0.1) is 0 Å². The molecule has 2 heterocycles. The van der Waals surface area contributed by atoms with Crippen LogP contribution in [0.25, 0.3) is 16.8 Å². The lowest BCUT2D eigenvalue weighted by molar-refractivity contribution is -0.135. The van der Waals surface area contributed by atoms with E-state index in [9.17, 15) is 14.4 Å². The molecule has 0 bridgehead atoms. The zero-order valence-corrected chi connectivity index (χ0v) is 22.7. The smallest absolute Gasteiger partial charge is 0.294 e. The number of halogens is 1. The minimum atomic E-state index is -0.425. The van der Waals surface area contributed by atoms with E-state index in [0.717, 1.165) is 57.9 Å². The molecule has 0 saturated carbocycles. The second kappa shape index (κ2) is 11.5. The number of rotatable bonds is 6. The summed E-state index contributed by atoms with van der Waals surface area (Å²) >= 11 is 4.43. The van der Waals surface area contributed by atoms with Crippen molar-refractivity contribution >= 4 is 61.6 Å².